The number of nitrogens with zero attached hydrogens (tertiary/aromatic N) is 2. The maximum Gasteiger partial charge on any atom is 0.231 e. The van der Waals surface area contributed by atoms with Crippen molar-refractivity contribution in [1.29, 1.82) is 0 Å². The monoisotopic (exact) mass is 410 g/mol. The van der Waals surface area contributed by atoms with Gasteiger partial charge in [-0.2, -0.15) is 0 Å². The summed E-state index contributed by atoms with van der Waals surface area (Å²) >= 11 is 7.52. The summed E-state index contributed by atoms with van der Waals surface area (Å²) in [7, 11) is 1.56. The molecular weight excluding hydrogens is 396 g/mol. The highest BCUT2D eigenvalue weighted by molar-refractivity contribution is 7.17. The third kappa shape index (κ3) is 3.44. The molecule has 4 aromatic rings. The van der Waals surface area contributed by atoms with Crippen molar-refractivity contribution in [3.05, 3.63) is 64.8 Å². The molecule has 0 N–H and O–H groups in total. The Labute approximate surface area is 170 Å². The molecule has 0 aliphatic carbocycles. The van der Waals surface area contributed by atoms with Gasteiger partial charge in [-0.15, -0.1) is 11.3 Å². The summed E-state index contributed by atoms with van der Waals surface area (Å²) in [5.74, 6) is 1.26. The standard InChI is InChI=1S/C21H15ClN2O3S/c1-12(25)16-8-7-15(26-2)9-18(16)27-20-19-17(10-28-21(19)24-11-23-20)13-3-5-14(22)6-4-13/h3-11H,1-2H3. The first-order valence-corrected chi connectivity index (χ1v) is 9.67. The van der Waals surface area contributed by atoms with Crippen LogP contribution in [-0.4, -0.2) is 22.9 Å². The van der Waals surface area contributed by atoms with Crippen molar-refractivity contribution >= 4 is 38.9 Å². The van der Waals surface area contributed by atoms with Crippen molar-refractivity contribution in [1.82, 2.24) is 9.97 Å². The first kappa shape index (κ1) is 18.4. The summed E-state index contributed by atoms with van der Waals surface area (Å²) < 4.78 is 11.4. The Morgan fingerprint density at radius 1 is 1.11 bits per heavy atom. The van der Waals surface area contributed by atoms with Gasteiger partial charge in [0.05, 0.1) is 18.1 Å². The number of halogens is 1. The molecule has 5 nitrogen and oxygen atoms in total. The molecule has 0 saturated carbocycles. The number of hydrogen-bond acceptors (Lipinski definition) is 6. The van der Waals surface area contributed by atoms with E-state index in [1.165, 1.54) is 24.6 Å². The lowest BCUT2D eigenvalue weighted by Gasteiger charge is -2.12. The van der Waals surface area contributed by atoms with Crippen LogP contribution in [0.3, 0.4) is 0 Å². The smallest absolute Gasteiger partial charge is 0.231 e. The highest BCUT2D eigenvalue weighted by Gasteiger charge is 2.18. The third-order valence-electron chi connectivity index (χ3n) is 4.27. The van der Waals surface area contributed by atoms with Gasteiger partial charge in [-0.3, -0.25) is 4.79 Å². The van der Waals surface area contributed by atoms with Crippen LogP contribution in [0.4, 0.5) is 0 Å². The van der Waals surface area contributed by atoms with Gasteiger partial charge < -0.3 is 9.47 Å². The SMILES string of the molecule is COc1ccc(C(C)=O)c(Oc2ncnc3scc(-c4ccc(Cl)cc4)c23)c1. The highest BCUT2D eigenvalue weighted by Crippen LogP contribution is 2.40. The summed E-state index contributed by atoms with van der Waals surface area (Å²) in [4.78, 5) is 21.5. The van der Waals surface area contributed by atoms with E-state index in [1.807, 2.05) is 29.6 Å². The van der Waals surface area contributed by atoms with E-state index in [1.54, 1.807) is 25.3 Å². The van der Waals surface area contributed by atoms with Gasteiger partial charge in [-0.05, 0) is 36.8 Å². The zero-order chi connectivity index (χ0) is 19.7. The lowest BCUT2D eigenvalue weighted by molar-refractivity contribution is 0.101. The fourth-order valence-electron chi connectivity index (χ4n) is 2.88. The number of carbonyl (C=O) groups is 1. The Kier molecular flexibility index (Phi) is 4.98. The number of ketones is 1. The molecule has 0 saturated heterocycles. The van der Waals surface area contributed by atoms with Gasteiger partial charge in [0.1, 0.15) is 22.7 Å². The van der Waals surface area contributed by atoms with E-state index >= 15 is 0 Å². The molecular formula is C21H15ClN2O3S. The van der Waals surface area contributed by atoms with E-state index in [4.69, 9.17) is 21.1 Å². The molecule has 4 rings (SSSR count). The van der Waals surface area contributed by atoms with Crippen LogP contribution in [-0.2, 0) is 0 Å². The minimum Gasteiger partial charge on any atom is -0.497 e. The van der Waals surface area contributed by atoms with Gasteiger partial charge in [-0.25, -0.2) is 9.97 Å². The van der Waals surface area contributed by atoms with Crippen LogP contribution in [0.1, 0.15) is 17.3 Å². The Morgan fingerprint density at radius 3 is 2.61 bits per heavy atom. The molecule has 0 aliphatic heterocycles. The van der Waals surface area contributed by atoms with Crippen molar-refractivity contribution in [2.45, 2.75) is 6.92 Å². The summed E-state index contributed by atoms with van der Waals surface area (Å²) in [6.45, 7) is 1.49. The number of rotatable bonds is 5. The van der Waals surface area contributed by atoms with Gasteiger partial charge in [-0.1, -0.05) is 23.7 Å². The van der Waals surface area contributed by atoms with E-state index in [0.29, 0.717) is 28.0 Å². The fourth-order valence-corrected chi connectivity index (χ4v) is 3.91. The van der Waals surface area contributed by atoms with Gasteiger partial charge in [0, 0.05) is 22.0 Å². The minimum atomic E-state index is -0.105. The van der Waals surface area contributed by atoms with E-state index in [-0.39, 0.29) is 5.78 Å². The number of ether oxygens (including phenoxy) is 2. The Bertz CT molecular complexity index is 1170. The number of methoxy groups -OCH3 is 1. The van der Waals surface area contributed by atoms with Crippen LogP contribution in [0.25, 0.3) is 21.3 Å². The predicted octanol–water partition coefficient (Wildman–Crippen LogP) is 6.02. The predicted molar refractivity (Wildman–Crippen MR) is 111 cm³/mol. The number of aromatic nitrogens is 2. The number of hydrogen-bond donors (Lipinski definition) is 0. The fraction of sp³-hybridized carbons (Fsp3) is 0.0952. The van der Waals surface area contributed by atoms with Crippen LogP contribution >= 0.6 is 22.9 Å². The largest absolute Gasteiger partial charge is 0.497 e. The number of thiophene rings is 1. The molecule has 7 heteroatoms. The van der Waals surface area contributed by atoms with Gasteiger partial charge >= 0.3 is 0 Å². The van der Waals surface area contributed by atoms with Gasteiger partial charge in [0.25, 0.3) is 0 Å². The van der Waals surface area contributed by atoms with Gasteiger partial charge in [0.2, 0.25) is 5.88 Å². The number of carbonyl (C=O) groups excluding carboxylic acids is 1. The van der Waals surface area contributed by atoms with Crippen LogP contribution in [0.5, 0.6) is 17.4 Å². The Hall–Kier alpha value is -2.96. The number of benzene rings is 2. The van der Waals surface area contributed by atoms with Gasteiger partial charge in [0.15, 0.2) is 5.78 Å². The normalized spacial score (nSPS) is 10.8. The van der Waals surface area contributed by atoms with E-state index < -0.39 is 0 Å². The molecule has 0 amide bonds. The highest BCUT2D eigenvalue weighted by atomic mass is 35.5. The summed E-state index contributed by atoms with van der Waals surface area (Å²) in [6, 6.07) is 12.6. The van der Waals surface area contributed by atoms with Crippen LogP contribution < -0.4 is 9.47 Å². The third-order valence-corrected chi connectivity index (χ3v) is 5.40. The second-order valence-electron chi connectivity index (χ2n) is 6.04. The zero-order valence-electron chi connectivity index (χ0n) is 15.1. The average Bonchev–Trinajstić information content (AvgIpc) is 3.13. The minimum absolute atomic E-state index is 0.105. The lowest BCUT2D eigenvalue weighted by Crippen LogP contribution is -1.99. The maximum atomic E-state index is 12.0. The summed E-state index contributed by atoms with van der Waals surface area (Å²) in [6.07, 6.45) is 1.45. The van der Waals surface area contributed by atoms with Crippen LogP contribution in [0, 0.1) is 0 Å². The first-order valence-electron chi connectivity index (χ1n) is 8.42. The molecule has 0 spiro atoms. The quantitative estimate of drug-likeness (QED) is 0.377. The van der Waals surface area contributed by atoms with Crippen molar-refractivity contribution in [2.75, 3.05) is 7.11 Å². The first-order chi connectivity index (χ1) is 13.6. The molecule has 0 fully saturated rings. The van der Waals surface area contributed by atoms with Crippen LogP contribution in [0.2, 0.25) is 5.02 Å². The molecule has 0 unspecified atom stereocenters. The van der Waals surface area contributed by atoms with Crippen LogP contribution in [0.15, 0.2) is 54.2 Å². The molecule has 2 aromatic carbocycles. The molecule has 140 valence electrons. The Balaban J connectivity index is 1.85. The molecule has 0 atom stereocenters. The summed E-state index contributed by atoms with van der Waals surface area (Å²) in [5, 5.41) is 3.46. The lowest BCUT2D eigenvalue weighted by atomic mass is 10.1. The molecule has 2 aromatic heterocycles. The average molecular weight is 411 g/mol. The number of fused-ring (bicyclic) bond motifs is 1. The molecule has 28 heavy (non-hydrogen) atoms. The van der Waals surface area contributed by atoms with E-state index in [2.05, 4.69) is 9.97 Å². The zero-order valence-corrected chi connectivity index (χ0v) is 16.7. The molecule has 0 bridgehead atoms. The molecule has 0 radical (unpaired) electrons. The number of Topliss-reactive ketones (excluding diaryl/α,β-unsaturated/α-hetero) is 1. The summed E-state index contributed by atoms with van der Waals surface area (Å²) in [5.41, 5.74) is 2.38. The topological polar surface area (TPSA) is 61.3 Å². The molecule has 2 heterocycles. The van der Waals surface area contributed by atoms with Crippen molar-refractivity contribution in [2.24, 2.45) is 0 Å². The second-order valence-corrected chi connectivity index (χ2v) is 7.33. The second kappa shape index (κ2) is 7.58. The Morgan fingerprint density at radius 2 is 1.89 bits per heavy atom. The van der Waals surface area contributed by atoms with Crippen molar-refractivity contribution in [3.8, 4) is 28.5 Å². The van der Waals surface area contributed by atoms with E-state index in [0.717, 1.165) is 21.3 Å². The van der Waals surface area contributed by atoms with Crippen molar-refractivity contribution < 1.29 is 14.3 Å². The maximum absolute atomic E-state index is 12.0. The van der Waals surface area contributed by atoms with E-state index in [9.17, 15) is 4.79 Å². The van der Waals surface area contributed by atoms with Crippen molar-refractivity contribution in [3.63, 3.8) is 0 Å². The molecule has 0 aliphatic rings.